The molecule has 0 aliphatic carbocycles. The van der Waals surface area contributed by atoms with E-state index in [9.17, 15) is 0 Å². The summed E-state index contributed by atoms with van der Waals surface area (Å²) in [5.74, 6) is 0.826. The minimum Gasteiger partial charge on any atom is -0.441 e. The summed E-state index contributed by atoms with van der Waals surface area (Å²) in [7, 11) is 0. The highest BCUT2D eigenvalue weighted by Gasteiger charge is 2.06. The van der Waals surface area contributed by atoms with Crippen molar-refractivity contribution in [1.29, 1.82) is 0 Å². The second kappa shape index (κ2) is 4.09. The molecule has 17 heavy (non-hydrogen) atoms. The van der Waals surface area contributed by atoms with Gasteiger partial charge in [-0.2, -0.15) is 0 Å². The number of rotatable bonds is 3. The van der Waals surface area contributed by atoms with Crippen molar-refractivity contribution in [1.82, 2.24) is 9.55 Å². The minimum absolute atomic E-state index is 0.826. The summed E-state index contributed by atoms with van der Waals surface area (Å²) in [6, 6.07) is 10.1. The van der Waals surface area contributed by atoms with Crippen LogP contribution in [0.4, 0.5) is 0 Å². The van der Waals surface area contributed by atoms with E-state index in [1.807, 2.05) is 36.7 Å². The maximum atomic E-state index is 5.66. The van der Waals surface area contributed by atoms with Crippen LogP contribution in [0.15, 0.2) is 47.1 Å². The van der Waals surface area contributed by atoms with Crippen LogP contribution >= 0.6 is 0 Å². The van der Waals surface area contributed by atoms with Gasteiger partial charge in [-0.05, 0) is 36.8 Å². The molecule has 0 spiro atoms. The van der Waals surface area contributed by atoms with E-state index in [0.717, 1.165) is 35.5 Å². The lowest BCUT2D eigenvalue weighted by atomic mass is 10.3. The van der Waals surface area contributed by atoms with Gasteiger partial charge in [-0.1, -0.05) is 6.92 Å². The Morgan fingerprint density at radius 2 is 2.06 bits per heavy atom. The van der Waals surface area contributed by atoms with Gasteiger partial charge in [-0.25, -0.2) is 4.98 Å². The second-order valence-electron chi connectivity index (χ2n) is 4.10. The molecule has 0 amide bonds. The number of aryl methyl sites for hydroxylation is 1. The summed E-state index contributed by atoms with van der Waals surface area (Å²) in [6.07, 6.45) is 5.99. The highest BCUT2D eigenvalue weighted by Crippen LogP contribution is 2.20. The summed E-state index contributed by atoms with van der Waals surface area (Å²) in [6.45, 7) is 2.13. The molecule has 86 valence electrons. The Balaban J connectivity index is 2.06. The fraction of sp³-hybridized carbons (Fsp3) is 0.214. The maximum Gasteiger partial charge on any atom is 0.195 e. The molecule has 3 aromatic rings. The average molecular weight is 226 g/mol. The highest BCUT2D eigenvalue weighted by atomic mass is 16.3. The van der Waals surface area contributed by atoms with Crippen LogP contribution in [0.2, 0.25) is 0 Å². The quantitative estimate of drug-likeness (QED) is 0.683. The van der Waals surface area contributed by atoms with E-state index >= 15 is 0 Å². The van der Waals surface area contributed by atoms with E-state index in [4.69, 9.17) is 4.42 Å². The fourth-order valence-corrected chi connectivity index (χ4v) is 1.95. The van der Waals surface area contributed by atoms with Crippen molar-refractivity contribution >= 4 is 11.1 Å². The van der Waals surface area contributed by atoms with Gasteiger partial charge in [0.25, 0.3) is 0 Å². The van der Waals surface area contributed by atoms with Gasteiger partial charge in [0.2, 0.25) is 0 Å². The van der Waals surface area contributed by atoms with Crippen LogP contribution in [0, 0.1) is 0 Å². The third-order valence-electron chi connectivity index (χ3n) is 2.78. The molecule has 3 heteroatoms. The Morgan fingerprint density at radius 3 is 2.82 bits per heavy atom. The lowest BCUT2D eigenvalue weighted by Gasteiger charge is -2.00. The van der Waals surface area contributed by atoms with Crippen LogP contribution in [-0.4, -0.2) is 9.55 Å². The minimum atomic E-state index is 0.826. The van der Waals surface area contributed by atoms with Crippen LogP contribution in [-0.2, 0) is 6.42 Å². The van der Waals surface area contributed by atoms with Gasteiger partial charge in [0, 0.05) is 24.5 Å². The van der Waals surface area contributed by atoms with Gasteiger partial charge in [0.15, 0.2) is 11.5 Å². The molecule has 0 radical (unpaired) electrons. The van der Waals surface area contributed by atoms with Gasteiger partial charge in [-0.3, -0.25) is 0 Å². The molecule has 3 rings (SSSR count). The third kappa shape index (κ3) is 1.84. The van der Waals surface area contributed by atoms with Crippen molar-refractivity contribution in [2.45, 2.75) is 19.8 Å². The van der Waals surface area contributed by atoms with E-state index in [1.165, 1.54) is 0 Å². The molecule has 0 aliphatic rings. The third-order valence-corrected chi connectivity index (χ3v) is 2.78. The molecule has 0 unspecified atom stereocenters. The van der Waals surface area contributed by atoms with Crippen molar-refractivity contribution in [2.24, 2.45) is 0 Å². The first-order chi connectivity index (χ1) is 8.36. The van der Waals surface area contributed by atoms with E-state index in [1.54, 1.807) is 0 Å². The fourth-order valence-electron chi connectivity index (χ4n) is 1.95. The first kappa shape index (κ1) is 10.1. The molecule has 3 nitrogen and oxygen atoms in total. The summed E-state index contributed by atoms with van der Waals surface area (Å²) >= 11 is 0. The van der Waals surface area contributed by atoms with Crippen LogP contribution < -0.4 is 0 Å². The van der Waals surface area contributed by atoms with Crippen LogP contribution in [0.5, 0.6) is 0 Å². The lowest BCUT2D eigenvalue weighted by molar-refractivity contribution is 0.525. The number of nitrogens with zero attached hydrogens (tertiary/aromatic N) is 2. The average Bonchev–Trinajstić information content (AvgIpc) is 2.96. The molecule has 0 atom stereocenters. The van der Waals surface area contributed by atoms with E-state index in [2.05, 4.69) is 22.5 Å². The van der Waals surface area contributed by atoms with Crippen LogP contribution in [0.1, 0.15) is 19.2 Å². The first-order valence-corrected chi connectivity index (χ1v) is 5.89. The first-order valence-electron chi connectivity index (χ1n) is 5.89. The van der Waals surface area contributed by atoms with E-state index in [-0.39, 0.29) is 0 Å². The lowest BCUT2D eigenvalue weighted by Crippen LogP contribution is -1.88. The van der Waals surface area contributed by atoms with Crippen molar-refractivity contribution < 1.29 is 4.42 Å². The Bertz CT molecular complexity index is 623. The SMILES string of the molecule is CCCc1nc2cc(-n3cccc3)ccc2o1. The monoisotopic (exact) mass is 226 g/mol. The smallest absolute Gasteiger partial charge is 0.195 e. The van der Waals surface area contributed by atoms with Gasteiger partial charge < -0.3 is 8.98 Å². The molecular weight excluding hydrogens is 212 g/mol. The van der Waals surface area contributed by atoms with Crippen molar-refractivity contribution in [3.05, 3.63) is 48.6 Å². The Hall–Kier alpha value is -2.03. The summed E-state index contributed by atoms with van der Waals surface area (Å²) in [4.78, 5) is 4.49. The largest absolute Gasteiger partial charge is 0.441 e. The zero-order valence-corrected chi connectivity index (χ0v) is 9.76. The molecule has 2 heterocycles. The maximum absolute atomic E-state index is 5.66. The molecular formula is C14H14N2O. The number of hydrogen-bond donors (Lipinski definition) is 0. The second-order valence-corrected chi connectivity index (χ2v) is 4.10. The topological polar surface area (TPSA) is 31.0 Å². The Labute approximate surface area is 99.7 Å². The van der Waals surface area contributed by atoms with Crippen LogP contribution in [0.3, 0.4) is 0 Å². The highest BCUT2D eigenvalue weighted by molar-refractivity contribution is 5.75. The predicted molar refractivity (Wildman–Crippen MR) is 67.3 cm³/mol. The standard InChI is InChI=1S/C14H14N2O/c1-2-5-14-15-12-10-11(6-7-13(12)17-14)16-8-3-4-9-16/h3-4,6-10H,2,5H2,1H3. The molecule has 0 N–H and O–H groups in total. The molecule has 0 fully saturated rings. The van der Waals surface area contributed by atoms with Gasteiger partial charge >= 0.3 is 0 Å². The van der Waals surface area contributed by atoms with E-state index in [0.29, 0.717) is 0 Å². The zero-order valence-electron chi connectivity index (χ0n) is 9.76. The molecule has 2 aromatic heterocycles. The van der Waals surface area contributed by atoms with Crippen molar-refractivity contribution in [2.75, 3.05) is 0 Å². The molecule has 0 aliphatic heterocycles. The number of hydrogen-bond acceptors (Lipinski definition) is 2. The van der Waals surface area contributed by atoms with Crippen molar-refractivity contribution in [3.63, 3.8) is 0 Å². The normalized spacial score (nSPS) is 11.1. The molecule has 0 saturated carbocycles. The van der Waals surface area contributed by atoms with Crippen LogP contribution in [0.25, 0.3) is 16.8 Å². The Kier molecular flexibility index (Phi) is 2.44. The summed E-state index contributed by atoms with van der Waals surface area (Å²) in [5, 5.41) is 0. The van der Waals surface area contributed by atoms with Gasteiger partial charge in [0.05, 0.1) is 0 Å². The summed E-state index contributed by atoms with van der Waals surface area (Å²) in [5.41, 5.74) is 2.91. The molecule has 0 saturated heterocycles. The molecule has 1 aromatic carbocycles. The van der Waals surface area contributed by atoms with Gasteiger partial charge in [-0.15, -0.1) is 0 Å². The van der Waals surface area contributed by atoms with Crippen molar-refractivity contribution in [3.8, 4) is 5.69 Å². The number of fused-ring (bicyclic) bond motifs is 1. The summed E-state index contributed by atoms with van der Waals surface area (Å²) < 4.78 is 7.72. The predicted octanol–water partition coefficient (Wildman–Crippen LogP) is 3.57. The van der Waals surface area contributed by atoms with Gasteiger partial charge in [0.1, 0.15) is 5.52 Å². The Morgan fingerprint density at radius 1 is 1.24 bits per heavy atom. The molecule has 0 bridgehead atoms. The number of benzene rings is 1. The van der Waals surface area contributed by atoms with E-state index < -0.39 is 0 Å². The number of aromatic nitrogens is 2. The zero-order chi connectivity index (χ0) is 11.7. The number of oxazole rings is 1.